The first kappa shape index (κ1) is 11.1. The van der Waals surface area contributed by atoms with Crippen molar-refractivity contribution >= 4 is 67.8 Å². The van der Waals surface area contributed by atoms with Gasteiger partial charge in [-0.2, -0.15) is 0 Å². The van der Waals surface area contributed by atoms with Crippen LogP contribution >= 0.6 is 67.8 Å². The van der Waals surface area contributed by atoms with Gasteiger partial charge in [-0.25, -0.2) is 0 Å². The van der Waals surface area contributed by atoms with E-state index in [1.165, 1.54) is 0 Å². The average Bonchev–Trinajstić information content (AvgIpc) is 1.64. The maximum atomic E-state index is 9.14. The van der Waals surface area contributed by atoms with Gasteiger partial charge in [0.05, 0.1) is 0 Å². The van der Waals surface area contributed by atoms with Crippen LogP contribution in [0, 0.1) is 0 Å². The van der Waals surface area contributed by atoms with Crippen LogP contribution in [0.1, 0.15) is 6.92 Å². The highest BCUT2D eigenvalue weighted by Gasteiger charge is 2.28. The molecule has 0 aliphatic heterocycles. The van der Waals surface area contributed by atoms with E-state index in [-0.39, 0.29) is -0.565 Å². The van der Waals surface area contributed by atoms with Gasteiger partial charge in [0.2, 0.25) is 0 Å². The van der Waals surface area contributed by atoms with Crippen LogP contribution in [0.4, 0.5) is 0 Å². The third-order valence-electron chi connectivity index (χ3n) is 0.605. The zero-order chi connectivity index (χ0) is 7.49. The highest BCUT2D eigenvalue weighted by Crippen LogP contribution is 2.39. The van der Waals surface area contributed by atoms with Gasteiger partial charge in [0, 0.05) is 6.61 Å². The van der Waals surface area contributed by atoms with Crippen LogP contribution in [-0.2, 0) is 4.74 Å². The molecule has 0 heterocycles. The summed E-state index contributed by atoms with van der Waals surface area (Å²) in [7, 11) is 0. The molecule has 9 heavy (non-hydrogen) atoms. The smallest absolute Gasteiger partial charge is 0.187 e. The van der Waals surface area contributed by atoms with Crippen LogP contribution < -0.4 is 0 Å². The maximum absolute atomic E-state index is 9.14. The lowest BCUT2D eigenvalue weighted by atomic mass is 10.7. The first-order valence-electron chi connectivity index (χ1n) is 2.35. The van der Waals surface area contributed by atoms with Crippen molar-refractivity contribution in [1.29, 1.82) is 0 Å². The Kier molecular flexibility index (Phi) is 6.03. The predicted molar refractivity (Wildman–Crippen MR) is 62.4 cm³/mol. The van der Waals surface area contributed by atoms with E-state index < -0.39 is 6.29 Å². The number of halogens is 3. The number of aliphatic hydroxyl groups excluding tert-OH is 1. The number of rotatable bonds is 3. The molecular weight excluding hydrogens is 461 g/mol. The van der Waals surface area contributed by atoms with Gasteiger partial charge in [-0.05, 0) is 74.7 Å². The van der Waals surface area contributed by atoms with Crippen molar-refractivity contribution in [1.82, 2.24) is 0 Å². The predicted octanol–water partition coefficient (Wildman–Crippen LogP) is 2.30. The summed E-state index contributed by atoms with van der Waals surface area (Å²) in [6, 6.07) is 0. The summed E-state index contributed by atoms with van der Waals surface area (Å²) in [5.41, 5.74) is 0. The molecule has 0 fully saturated rings. The summed E-state index contributed by atoms with van der Waals surface area (Å²) in [5.74, 6) is 0. The van der Waals surface area contributed by atoms with E-state index in [9.17, 15) is 0 Å². The Bertz CT molecular complexity index is 80.4. The Morgan fingerprint density at radius 2 is 2.00 bits per heavy atom. The standard InChI is InChI=1S/C4H7I3O2/c1-2-9-3(8)4(5,6)7/h3,8H,2H2,1H3. The minimum atomic E-state index is -0.677. The molecule has 0 aliphatic rings. The van der Waals surface area contributed by atoms with Crippen LogP contribution in [0.5, 0.6) is 0 Å². The van der Waals surface area contributed by atoms with Gasteiger partial charge < -0.3 is 9.84 Å². The van der Waals surface area contributed by atoms with Crippen molar-refractivity contribution in [3.8, 4) is 0 Å². The molecule has 0 bridgehead atoms. The molecule has 0 spiro atoms. The van der Waals surface area contributed by atoms with Crippen molar-refractivity contribution in [3.63, 3.8) is 0 Å². The van der Waals surface area contributed by atoms with Crippen molar-refractivity contribution in [2.24, 2.45) is 0 Å². The molecule has 0 aromatic heterocycles. The number of hydrogen-bond acceptors (Lipinski definition) is 2. The highest BCUT2D eigenvalue weighted by atomic mass is 127. The van der Waals surface area contributed by atoms with E-state index in [0.29, 0.717) is 6.61 Å². The Balaban J connectivity index is 3.59. The first-order valence-corrected chi connectivity index (χ1v) is 5.58. The van der Waals surface area contributed by atoms with Gasteiger partial charge in [-0.3, -0.25) is 0 Å². The van der Waals surface area contributed by atoms with Crippen LogP contribution in [0.3, 0.4) is 0 Å². The van der Waals surface area contributed by atoms with Crippen molar-refractivity contribution in [3.05, 3.63) is 0 Å². The number of alkyl halides is 3. The van der Waals surface area contributed by atoms with Crippen LogP contribution in [0.2, 0.25) is 0 Å². The molecule has 0 aromatic rings. The summed E-state index contributed by atoms with van der Waals surface area (Å²) in [6.07, 6.45) is -0.677. The Morgan fingerprint density at radius 3 is 2.11 bits per heavy atom. The van der Waals surface area contributed by atoms with Crippen molar-refractivity contribution < 1.29 is 9.84 Å². The summed E-state index contributed by atoms with van der Waals surface area (Å²) in [5, 5.41) is 9.14. The van der Waals surface area contributed by atoms with Gasteiger partial charge >= 0.3 is 0 Å². The third-order valence-corrected chi connectivity index (χ3v) is 2.20. The average molecular weight is 468 g/mol. The van der Waals surface area contributed by atoms with E-state index in [1.54, 1.807) is 0 Å². The molecule has 1 N–H and O–H groups in total. The van der Waals surface area contributed by atoms with E-state index in [4.69, 9.17) is 9.84 Å². The lowest BCUT2D eigenvalue weighted by Gasteiger charge is -2.19. The quantitative estimate of drug-likeness (QED) is 0.392. The molecule has 0 saturated carbocycles. The molecule has 1 atom stereocenters. The summed E-state index contributed by atoms with van der Waals surface area (Å²) in [4.78, 5) is 0. The second-order valence-electron chi connectivity index (χ2n) is 1.35. The Labute approximate surface area is 95.5 Å². The number of aliphatic hydroxyl groups is 1. The fourth-order valence-corrected chi connectivity index (χ4v) is 0.792. The molecular formula is C4H7I3O2. The molecule has 0 saturated heterocycles. The van der Waals surface area contributed by atoms with Crippen molar-refractivity contribution in [2.45, 2.75) is 12.6 Å². The molecule has 0 amide bonds. The van der Waals surface area contributed by atoms with E-state index >= 15 is 0 Å². The second-order valence-corrected chi connectivity index (χ2v) is 12.6. The van der Waals surface area contributed by atoms with Gasteiger partial charge in [0.15, 0.2) is 5.73 Å². The molecule has 56 valence electrons. The molecule has 0 aliphatic carbocycles. The molecule has 0 aromatic carbocycles. The zero-order valence-electron chi connectivity index (χ0n) is 4.77. The Morgan fingerprint density at radius 1 is 1.56 bits per heavy atom. The van der Waals surface area contributed by atoms with Crippen molar-refractivity contribution in [2.75, 3.05) is 6.61 Å². The molecule has 5 heteroatoms. The minimum Gasteiger partial charge on any atom is -0.366 e. The topological polar surface area (TPSA) is 29.5 Å². The Hall–Kier alpha value is 2.11. The highest BCUT2D eigenvalue weighted by molar-refractivity contribution is 14.3. The summed E-state index contributed by atoms with van der Waals surface area (Å²) in [6.45, 7) is 2.41. The first-order chi connectivity index (χ1) is 3.98. The van der Waals surface area contributed by atoms with E-state index in [1.807, 2.05) is 6.92 Å². The fraction of sp³-hybridized carbons (Fsp3) is 1.00. The van der Waals surface area contributed by atoms with Crippen LogP contribution in [0.25, 0.3) is 0 Å². The summed E-state index contributed by atoms with van der Waals surface area (Å²) >= 11 is 6.37. The van der Waals surface area contributed by atoms with E-state index in [0.717, 1.165) is 0 Å². The lowest BCUT2D eigenvalue weighted by molar-refractivity contribution is -0.0795. The van der Waals surface area contributed by atoms with Gasteiger partial charge in [-0.1, -0.05) is 0 Å². The van der Waals surface area contributed by atoms with Crippen LogP contribution in [-0.4, -0.2) is 17.4 Å². The molecule has 2 nitrogen and oxygen atoms in total. The maximum Gasteiger partial charge on any atom is 0.187 e. The van der Waals surface area contributed by atoms with Gasteiger partial charge in [0.25, 0.3) is 0 Å². The molecule has 0 radical (unpaired) electrons. The van der Waals surface area contributed by atoms with E-state index in [2.05, 4.69) is 67.8 Å². The van der Waals surface area contributed by atoms with Gasteiger partial charge in [0.1, 0.15) is 0 Å². The molecule has 1 unspecified atom stereocenters. The number of ether oxygens (including phenoxy) is 1. The monoisotopic (exact) mass is 468 g/mol. The lowest BCUT2D eigenvalue weighted by Crippen LogP contribution is -2.26. The third kappa shape index (κ3) is 5.39. The zero-order valence-corrected chi connectivity index (χ0v) is 11.2. The number of hydrogen-bond donors (Lipinski definition) is 1. The van der Waals surface area contributed by atoms with Gasteiger partial charge in [-0.15, -0.1) is 0 Å². The molecule has 0 rings (SSSR count). The second kappa shape index (κ2) is 4.88. The fourth-order valence-electron chi connectivity index (χ4n) is 0.252. The SMILES string of the molecule is CCOC(O)C(I)(I)I. The minimum absolute atomic E-state index is 0.247. The normalized spacial score (nSPS) is 15.7. The summed E-state index contributed by atoms with van der Waals surface area (Å²) < 4.78 is 4.69. The largest absolute Gasteiger partial charge is 0.366 e. The van der Waals surface area contributed by atoms with Crippen LogP contribution in [0.15, 0.2) is 0 Å².